The molecular formula is C26H24N2O2. The highest BCUT2D eigenvalue weighted by Gasteiger charge is 2.43. The van der Waals surface area contributed by atoms with Crippen LogP contribution >= 0.6 is 0 Å². The maximum atomic E-state index is 13.8. The highest BCUT2D eigenvalue weighted by Crippen LogP contribution is 2.38. The number of carbonyl (C=O) groups is 2. The van der Waals surface area contributed by atoms with Gasteiger partial charge in [0.25, 0.3) is 11.8 Å². The Labute approximate surface area is 176 Å². The van der Waals surface area contributed by atoms with Gasteiger partial charge in [-0.1, -0.05) is 73.7 Å². The molecule has 2 aliphatic rings. The van der Waals surface area contributed by atoms with Crippen molar-refractivity contribution in [3.63, 3.8) is 0 Å². The number of imide groups is 1. The molecule has 2 heterocycles. The molecule has 4 heteroatoms. The van der Waals surface area contributed by atoms with E-state index in [2.05, 4.69) is 11.8 Å². The maximum Gasteiger partial charge on any atom is 0.282 e. The lowest BCUT2D eigenvalue weighted by Gasteiger charge is -2.33. The van der Waals surface area contributed by atoms with Crippen LogP contribution in [0.15, 0.2) is 78.5 Å². The van der Waals surface area contributed by atoms with E-state index in [1.807, 2.05) is 72.8 Å². The third kappa shape index (κ3) is 3.00. The summed E-state index contributed by atoms with van der Waals surface area (Å²) in [7, 11) is 0. The van der Waals surface area contributed by atoms with E-state index in [0.717, 1.165) is 42.3 Å². The van der Waals surface area contributed by atoms with Gasteiger partial charge in [-0.05, 0) is 35.8 Å². The highest BCUT2D eigenvalue weighted by molar-refractivity contribution is 6.46. The molecule has 0 spiro atoms. The number of piperidine rings is 1. The fraction of sp³-hybridized carbons (Fsp3) is 0.231. The Hall–Kier alpha value is -3.40. The van der Waals surface area contributed by atoms with Crippen molar-refractivity contribution in [1.29, 1.82) is 0 Å². The molecular weight excluding hydrogens is 372 g/mol. The quantitative estimate of drug-likeness (QED) is 0.594. The Bertz CT molecular complexity index is 1160. The Morgan fingerprint density at radius 3 is 2.37 bits per heavy atom. The number of fused-ring (bicyclic) bond motifs is 1. The van der Waals surface area contributed by atoms with Crippen molar-refractivity contribution >= 4 is 33.8 Å². The van der Waals surface area contributed by atoms with E-state index in [-0.39, 0.29) is 11.8 Å². The van der Waals surface area contributed by atoms with E-state index in [1.165, 1.54) is 4.90 Å². The zero-order valence-corrected chi connectivity index (χ0v) is 17.0. The molecule has 1 fully saturated rings. The van der Waals surface area contributed by atoms with Crippen molar-refractivity contribution in [2.45, 2.75) is 19.8 Å². The predicted molar refractivity (Wildman–Crippen MR) is 120 cm³/mol. The van der Waals surface area contributed by atoms with E-state index in [4.69, 9.17) is 0 Å². The number of nitrogens with zero attached hydrogens (tertiary/aromatic N) is 2. The lowest BCUT2D eigenvalue weighted by atomic mass is 9.98. The van der Waals surface area contributed by atoms with Crippen molar-refractivity contribution in [1.82, 2.24) is 4.90 Å². The SMILES string of the molecule is CC1CCCN(C2=C(c3ccccc3)C(=O)N(c3cccc4ccccc34)C2=O)C1. The van der Waals surface area contributed by atoms with Gasteiger partial charge in [-0.2, -0.15) is 0 Å². The zero-order chi connectivity index (χ0) is 20.7. The molecule has 2 aliphatic heterocycles. The van der Waals surface area contributed by atoms with Gasteiger partial charge in [-0.25, -0.2) is 4.90 Å². The fourth-order valence-electron chi connectivity index (χ4n) is 4.69. The van der Waals surface area contributed by atoms with Crippen LogP contribution in [0.4, 0.5) is 5.69 Å². The maximum absolute atomic E-state index is 13.8. The van der Waals surface area contributed by atoms with E-state index in [9.17, 15) is 9.59 Å². The molecule has 1 atom stereocenters. The number of hydrogen-bond donors (Lipinski definition) is 0. The first kappa shape index (κ1) is 18.6. The van der Waals surface area contributed by atoms with Gasteiger partial charge in [0.05, 0.1) is 11.3 Å². The Morgan fingerprint density at radius 2 is 1.57 bits per heavy atom. The van der Waals surface area contributed by atoms with Crippen LogP contribution in [0, 0.1) is 5.92 Å². The molecule has 150 valence electrons. The van der Waals surface area contributed by atoms with Crippen molar-refractivity contribution in [2.24, 2.45) is 5.92 Å². The molecule has 30 heavy (non-hydrogen) atoms. The minimum atomic E-state index is -0.240. The van der Waals surface area contributed by atoms with Gasteiger partial charge in [0.2, 0.25) is 0 Å². The fourth-order valence-corrected chi connectivity index (χ4v) is 4.69. The second-order valence-electron chi connectivity index (χ2n) is 8.23. The lowest BCUT2D eigenvalue weighted by molar-refractivity contribution is -0.120. The molecule has 1 saturated heterocycles. The third-order valence-electron chi connectivity index (χ3n) is 6.10. The van der Waals surface area contributed by atoms with Crippen molar-refractivity contribution in [2.75, 3.05) is 18.0 Å². The average Bonchev–Trinajstić information content (AvgIpc) is 3.04. The third-order valence-corrected chi connectivity index (χ3v) is 6.10. The van der Waals surface area contributed by atoms with E-state index in [0.29, 0.717) is 22.9 Å². The summed E-state index contributed by atoms with van der Waals surface area (Å²) in [4.78, 5) is 31.0. The number of anilines is 1. The van der Waals surface area contributed by atoms with Crippen LogP contribution in [-0.2, 0) is 9.59 Å². The van der Waals surface area contributed by atoms with Crippen molar-refractivity contribution < 1.29 is 9.59 Å². The molecule has 0 radical (unpaired) electrons. The van der Waals surface area contributed by atoms with Gasteiger partial charge >= 0.3 is 0 Å². The zero-order valence-electron chi connectivity index (χ0n) is 17.0. The van der Waals surface area contributed by atoms with Crippen LogP contribution in [0.25, 0.3) is 16.3 Å². The number of benzene rings is 3. The molecule has 3 aromatic rings. The molecule has 2 amide bonds. The monoisotopic (exact) mass is 396 g/mol. The van der Waals surface area contributed by atoms with Gasteiger partial charge in [0, 0.05) is 18.5 Å². The summed E-state index contributed by atoms with van der Waals surface area (Å²) in [5.74, 6) is 0.0397. The van der Waals surface area contributed by atoms with Gasteiger partial charge in [-0.3, -0.25) is 9.59 Å². The molecule has 0 saturated carbocycles. The smallest absolute Gasteiger partial charge is 0.282 e. The van der Waals surface area contributed by atoms with Gasteiger partial charge < -0.3 is 4.90 Å². The number of amides is 2. The first-order valence-corrected chi connectivity index (χ1v) is 10.6. The van der Waals surface area contributed by atoms with Crippen LogP contribution in [0.2, 0.25) is 0 Å². The summed E-state index contributed by atoms with van der Waals surface area (Å²) in [6.07, 6.45) is 2.18. The largest absolute Gasteiger partial charge is 0.366 e. The second kappa shape index (κ2) is 7.45. The van der Waals surface area contributed by atoms with Gasteiger partial charge in [0.1, 0.15) is 5.70 Å². The Kier molecular flexibility index (Phi) is 4.62. The van der Waals surface area contributed by atoms with E-state index < -0.39 is 0 Å². The summed E-state index contributed by atoms with van der Waals surface area (Å²) < 4.78 is 0. The van der Waals surface area contributed by atoms with Crippen LogP contribution in [0.5, 0.6) is 0 Å². The Balaban J connectivity index is 1.67. The molecule has 4 nitrogen and oxygen atoms in total. The minimum absolute atomic E-state index is 0.218. The number of hydrogen-bond acceptors (Lipinski definition) is 3. The molecule has 0 bridgehead atoms. The molecule has 1 unspecified atom stereocenters. The Morgan fingerprint density at radius 1 is 0.833 bits per heavy atom. The number of rotatable bonds is 3. The average molecular weight is 396 g/mol. The lowest BCUT2D eigenvalue weighted by Crippen LogP contribution is -2.39. The van der Waals surface area contributed by atoms with Crippen molar-refractivity contribution in [3.8, 4) is 0 Å². The molecule has 0 aromatic heterocycles. The summed E-state index contributed by atoms with van der Waals surface area (Å²) in [6.45, 7) is 3.81. The standard InChI is InChI=1S/C26H24N2O2/c1-18-9-8-16-27(17-18)24-23(20-11-3-2-4-12-20)25(29)28(26(24)30)22-15-7-13-19-10-5-6-14-21(19)22/h2-7,10-15,18H,8-9,16-17H2,1H3. The number of carbonyl (C=O) groups excluding carboxylic acids is 2. The molecule has 5 rings (SSSR count). The van der Waals surface area contributed by atoms with Gasteiger partial charge in [-0.15, -0.1) is 0 Å². The normalized spacial score (nSPS) is 19.8. The van der Waals surface area contributed by atoms with Gasteiger partial charge in [0.15, 0.2) is 0 Å². The van der Waals surface area contributed by atoms with E-state index in [1.54, 1.807) is 0 Å². The van der Waals surface area contributed by atoms with Crippen LogP contribution in [-0.4, -0.2) is 29.8 Å². The highest BCUT2D eigenvalue weighted by atomic mass is 16.2. The van der Waals surface area contributed by atoms with Crippen molar-refractivity contribution in [3.05, 3.63) is 84.1 Å². The second-order valence-corrected chi connectivity index (χ2v) is 8.23. The topological polar surface area (TPSA) is 40.6 Å². The summed E-state index contributed by atoms with van der Waals surface area (Å²) in [5, 5.41) is 1.92. The summed E-state index contributed by atoms with van der Waals surface area (Å²) in [5.41, 5.74) is 2.51. The molecule has 3 aromatic carbocycles. The predicted octanol–water partition coefficient (Wildman–Crippen LogP) is 4.86. The van der Waals surface area contributed by atoms with Crippen LogP contribution in [0.1, 0.15) is 25.3 Å². The summed E-state index contributed by atoms with van der Waals surface area (Å²) >= 11 is 0. The van der Waals surface area contributed by atoms with Crippen LogP contribution < -0.4 is 4.90 Å². The minimum Gasteiger partial charge on any atom is -0.366 e. The molecule has 0 N–H and O–H groups in total. The first-order chi connectivity index (χ1) is 14.6. The number of likely N-dealkylation sites (tertiary alicyclic amines) is 1. The van der Waals surface area contributed by atoms with Crippen LogP contribution in [0.3, 0.4) is 0 Å². The first-order valence-electron chi connectivity index (χ1n) is 10.6. The molecule has 0 aliphatic carbocycles. The summed E-state index contributed by atoms with van der Waals surface area (Å²) in [6, 6.07) is 23.2. The van der Waals surface area contributed by atoms with E-state index >= 15 is 0 Å².